The van der Waals surface area contributed by atoms with Crippen LogP contribution < -0.4 is 5.73 Å². The summed E-state index contributed by atoms with van der Waals surface area (Å²) in [5.41, 5.74) is 5.83. The van der Waals surface area contributed by atoms with Gasteiger partial charge in [0.05, 0.1) is 10.8 Å². The summed E-state index contributed by atoms with van der Waals surface area (Å²) in [5.74, 6) is 0.0492. The fourth-order valence-corrected chi connectivity index (χ4v) is 3.47. The zero-order valence-corrected chi connectivity index (χ0v) is 10.7. The molecule has 1 unspecified atom stereocenters. The summed E-state index contributed by atoms with van der Waals surface area (Å²) in [6.45, 7) is 0. The molecule has 2 rings (SSSR count). The number of thiophene rings is 1. The number of rotatable bonds is 4. The minimum Gasteiger partial charge on any atom is -0.399 e. The Hall–Kier alpha value is -1.20. The Bertz CT molecular complexity index is 505. The summed E-state index contributed by atoms with van der Waals surface area (Å²) in [6, 6.07) is 8.03. The monoisotopic (exact) mass is 269 g/mol. The molecule has 2 nitrogen and oxygen atoms in total. The topological polar surface area (TPSA) is 43.1 Å². The molecule has 0 bridgehead atoms. The number of aryl methyl sites for hydroxylation is 1. The van der Waals surface area contributed by atoms with Crippen molar-refractivity contribution in [1.29, 1.82) is 0 Å². The molecule has 1 atom stereocenters. The first-order chi connectivity index (χ1) is 8.15. The van der Waals surface area contributed by atoms with Gasteiger partial charge in [0.2, 0.25) is 0 Å². The molecule has 0 saturated heterocycles. The van der Waals surface area contributed by atoms with Gasteiger partial charge in [-0.05, 0) is 36.1 Å². The van der Waals surface area contributed by atoms with Crippen LogP contribution in [0.5, 0.6) is 0 Å². The first kappa shape index (κ1) is 12.3. The van der Waals surface area contributed by atoms with Crippen molar-refractivity contribution >= 4 is 27.8 Å². The van der Waals surface area contributed by atoms with Crippen molar-refractivity contribution in [3.63, 3.8) is 0 Å². The Morgan fingerprint density at radius 2 is 2.18 bits per heavy atom. The van der Waals surface area contributed by atoms with Crippen LogP contribution in [0.25, 0.3) is 0 Å². The van der Waals surface area contributed by atoms with Gasteiger partial charge in [-0.1, -0.05) is 6.07 Å². The third-order valence-electron chi connectivity index (χ3n) is 2.27. The lowest BCUT2D eigenvalue weighted by Gasteiger charge is -2.03. The molecule has 1 aromatic carbocycles. The van der Waals surface area contributed by atoms with Gasteiger partial charge in [-0.15, -0.1) is 11.3 Å². The summed E-state index contributed by atoms with van der Waals surface area (Å²) in [5, 5.41) is 1.98. The van der Waals surface area contributed by atoms with E-state index in [1.54, 1.807) is 17.4 Å². The van der Waals surface area contributed by atoms with Crippen molar-refractivity contribution in [3.8, 4) is 0 Å². The third-order valence-corrected chi connectivity index (χ3v) is 4.54. The van der Waals surface area contributed by atoms with Gasteiger partial charge < -0.3 is 5.73 Å². The van der Waals surface area contributed by atoms with E-state index in [0.29, 0.717) is 16.3 Å². The maximum Gasteiger partial charge on any atom is 0.126 e. The van der Waals surface area contributed by atoms with E-state index in [4.69, 9.17) is 5.73 Å². The number of anilines is 1. The van der Waals surface area contributed by atoms with Crippen LogP contribution in [0.2, 0.25) is 0 Å². The van der Waals surface area contributed by atoms with E-state index in [-0.39, 0.29) is 0 Å². The molecule has 0 spiro atoms. The van der Waals surface area contributed by atoms with Gasteiger partial charge in [-0.25, -0.2) is 4.39 Å². The van der Waals surface area contributed by atoms with Gasteiger partial charge in [0.15, 0.2) is 0 Å². The predicted molar refractivity (Wildman–Crippen MR) is 70.1 cm³/mol. The normalized spacial score (nSPS) is 12.5. The Labute approximate surface area is 106 Å². The van der Waals surface area contributed by atoms with Crippen molar-refractivity contribution in [2.24, 2.45) is 0 Å². The molecule has 2 aromatic rings. The number of halogens is 1. The predicted octanol–water partition coefficient (Wildman–Crippen LogP) is 2.82. The van der Waals surface area contributed by atoms with Gasteiger partial charge in [-0.3, -0.25) is 4.21 Å². The van der Waals surface area contributed by atoms with Crippen LogP contribution in [-0.2, 0) is 17.2 Å². The van der Waals surface area contributed by atoms with E-state index in [1.165, 1.54) is 17.0 Å². The van der Waals surface area contributed by atoms with E-state index >= 15 is 0 Å². The van der Waals surface area contributed by atoms with Crippen LogP contribution in [0.4, 0.5) is 10.1 Å². The van der Waals surface area contributed by atoms with Crippen molar-refractivity contribution in [2.45, 2.75) is 11.3 Å². The average Bonchev–Trinajstić information content (AvgIpc) is 2.77. The first-order valence-corrected chi connectivity index (χ1v) is 7.32. The van der Waals surface area contributed by atoms with Crippen LogP contribution >= 0.6 is 11.3 Å². The number of hydrogen-bond donors (Lipinski definition) is 1. The zero-order chi connectivity index (χ0) is 12.3. The summed E-state index contributed by atoms with van der Waals surface area (Å²) in [7, 11) is -1.20. The minimum absolute atomic E-state index is 0.310. The highest BCUT2D eigenvalue weighted by molar-refractivity contribution is 7.85. The first-order valence-electron chi connectivity index (χ1n) is 5.12. The highest BCUT2D eigenvalue weighted by Crippen LogP contribution is 2.16. The van der Waals surface area contributed by atoms with Crippen LogP contribution in [0.3, 0.4) is 0 Å². The van der Waals surface area contributed by atoms with E-state index in [0.717, 1.165) is 6.42 Å². The van der Waals surface area contributed by atoms with Crippen LogP contribution in [-0.4, -0.2) is 9.96 Å². The Kier molecular flexibility index (Phi) is 3.91. The standard InChI is InChI=1S/C12H12FNOS2/c13-9-6-10(14)8-12(7-9)17(15)5-3-11-2-1-4-16-11/h1-2,4,6-8H,3,5,14H2. The van der Waals surface area contributed by atoms with Crippen LogP contribution in [0.1, 0.15) is 4.88 Å². The van der Waals surface area contributed by atoms with Crippen molar-refractivity contribution < 1.29 is 8.60 Å². The maximum atomic E-state index is 13.1. The lowest BCUT2D eigenvalue weighted by Crippen LogP contribution is -2.02. The quantitative estimate of drug-likeness (QED) is 0.867. The number of hydrogen-bond acceptors (Lipinski definition) is 3. The second kappa shape index (κ2) is 5.42. The Balaban J connectivity index is 2.04. The second-order valence-corrected chi connectivity index (χ2v) is 6.20. The van der Waals surface area contributed by atoms with Crippen LogP contribution in [0.15, 0.2) is 40.6 Å². The SMILES string of the molecule is Nc1cc(F)cc(S(=O)CCc2cccs2)c1. The fourth-order valence-electron chi connectivity index (χ4n) is 1.48. The van der Waals surface area contributed by atoms with E-state index in [9.17, 15) is 8.60 Å². The van der Waals surface area contributed by atoms with E-state index in [1.807, 2.05) is 17.5 Å². The van der Waals surface area contributed by atoms with Crippen LogP contribution in [0, 0.1) is 5.82 Å². The van der Waals surface area contributed by atoms with Gasteiger partial charge >= 0.3 is 0 Å². The highest BCUT2D eigenvalue weighted by Gasteiger charge is 2.07. The fraction of sp³-hybridized carbons (Fsp3) is 0.167. The molecule has 0 amide bonds. The van der Waals surface area contributed by atoms with E-state index in [2.05, 4.69) is 0 Å². The summed E-state index contributed by atoms with van der Waals surface area (Å²) < 4.78 is 25.0. The van der Waals surface area contributed by atoms with E-state index < -0.39 is 16.6 Å². The lowest BCUT2D eigenvalue weighted by molar-refractivity contribution is 0.623. The molecule has 2 N–H and O–H groups in total. The van der Waals surface area contributed by atoms with Crippen molar-refractivity contribution in [2.75, 3.05) is 11.5 Å². The molecule has 1 heterocycles. The lowest BCUT2D eigenvalue weighted by atomic mass is 10.3. The third kappa shape index (κ3) is 3.38. The largest absolute Gasteiger partial charge is 0.399 e. The molecule has 0 aliphatic carbocycles. The average molecular weight is 269 g/mol. The minimum atomic E-state index is -1.20. The molecular formula is C12H12FNOS2. The second-order valence-electron chi connectivity index (χ2n) is 3.60. The maximum absolute atomic E-state index is 13.1. The Morgan fingerprint density at radius 3 is 2.82 bits per heavy atom. The molecular weight excluding hydrogens is 257 g/mol. The van der Waals surface area contributed by atoms with Gasteiger partial charge in [0.25, 0.3) is 0 Å². The van der Waals surface area contributed by atoms with Crippen molar-refractivity contribution in [3.05, 3.63) is 46.4 Å². The van der Waals surface area contributed by atoms with Gasteiger partial charge in [-0.2, -0.15) is 0 Å². The summed E-state index contributed by atoms with van der Waals surface area (Å²) in [4.78, 5) is 1.64. The summed E-state index contributed by atoms with van der Waals surface area (Å²) >= 11 is 1.63. The molecule has 0 aliphatic rings. The smallest absolute Gasteiger partial charge is 0.126 e. The van der Waals surface area contributed by atoms with Gasteiger partial charge in [0, 0.05) is 21.2 Å². The number of nitrogen functional groups attached to an aromatic ring is 1. The molecule has 0 fully saturated rings. The molecule has 90 valence electrons. The zero-order valence-electron chi connectivity index (χ0n) is 9.06. The summed E-state index contributed by atoms with van der Waals surface area (Å²) in [6.07, 6.45) is 0.737. The Morgan fingerprint density at radius 1 is 1.35 bits per heavy atom. The molecule has 17 heavy (non-hydrogen) atoms. The molecule has 0 saturated carbocycles. The number of benzene rings is 1. The highest BCUT2D eigenvalue weighted by atomic mass is 32.2. The number of nitrogens with two attached hydrogens (primary N) is 1. The molecule has 0 aliphatic heterocycles. The van der Waals surface area contributed by atoms with Crippen molar-refractivity contribution in [1.82, 2.24) is 0 Å². The molecule has 0 radical (unpaired) electrons. The molecule has 1 aromatic heterocycles. The molecule has 5 heteroatoms. The van der Waals surface area contributed by atoms with Gasteiger partial charge in [0.1, 0.15) is 5.82 Å².